The zero-order valence-electron chi connectivity index (χ0n) is 14.2. The van der Waals surface area contributed by atoms with Crippen molar-refractivity contribution in [2.75, 3.05) is 13.3 Å². The average Bonchev–Trinajstić information content (AvgIpc) is 2.57. The molecule has 8 heteroatoms. The summed E-state index contributed by atoms with van der Waals surface area (Å²) in [6, 6.07) is 9.71. The van der Waals surface area contributed by atoms with E-state index in [9.17, 15) is 12.8 Å². The topological polar surface area (TPSA) is 83.4 Å². The molecule has 0 radical (unpaired) electrons. The zero-order valence-corrected chi connectivity index (χ0v) is 15.0. The number of sulfone groups is 1. The Morgan fingerprint density at radius 2 is 1.92 bits per heavy atom. The van der Waals surface area contributed by atoms with E-state index in [4.69, 9.17) is 0 Å². The van der Waals surface area contributed by atoms with Crippen LogP contribution in [0.4, 0.5) is 4.39 Å². The summed E-state index contributed by atoms with van der Waals surface area (Å²) in [5.41, 5.74) is 2.00. The number of nitrogens with one attached hydrogen (secondary N) is 2. The number of aliphatic imine (C=N–C) groups is 1. The van der Waals surface area contributed by atoms with E-state index in [2.05, 4.69) is 20.6 Å². The lowest BCUT2D eigenvalue weighted by Gasteiger charge is -2.14. The molecule has 6 nitrogen and oxygen atoms in total. The number of rotatable bonds is 6. The fraction of sp³-hybridized carbons (Fsp3) is 0.294. The highest BCUT2D eigenvalue weighted by Crippen LogP contribution is 2.14. The highest BCUT2D eigenvalue weighted by Gasteiger charge is 2.11. The van der Waals surface area contributed by atoms with E-state index in [0.29, 0.717) is 23.6 Å². The van der Waals surface area contributed by atoms with E-state index < -0.39 is 15.7 Å². The first-order valence-corrected chi connectivity index (χ1v) is 9.73. The predicted molar refractivity (Wildman–Crippen MR) is 96.2 cm³/mol. The van der Waals surface area contributed by atoms with Gasteiger partial charge in [-0.3, -0.25) is 9.98 Å². The minimum Gasteiger partial charge on any atom is -0.352 e. The van der Waals surface area contributed by atoms with Gasteiger partial charge < -0.3 is 10.6 Å². The molecular formula is C17H21FN4O2S. The minimum absolute atomic E-state index is 0.135. The molecular weight excluding hydrogens is 343 g/mol. The van der Waals surface area contributed by atoms with Crippen LogP contribution < -0.4 is 10.6 Å². The third-order valence-electron chi connectivity index (χ3n) is 3.42. The summed E-state index contributed by atoms with van der Waals surface area (Å²) in [5, 5.41) is 6.16. The number of pyridine rings is 1. The lowest BCUT2D eigenvalue weighted by atomic mass is 10.1. The average molecular weight is 364 g/mol. The normalized spacial score (nSPS) is 12.0. The van der Waals surface area contributed by atoms with Crippen LogP contribution in [-0.2, 0) is 28.7 Å². The van der Waals surface area contributed by atoms with E-state index in [1.807, 2.05) is 18.2 Å². The molecule has 2 aromatic rings. The number of aromatic nitrogens is 1. The Morgan fingerprint density at radius 3 is 2.56 bits per heavy atom. The maximum atomic E-state index is 13.5. The lowest BCUT2D eigenvalue weighted by Crippen LogP contribution is -2.36. The van der Waals surface area contributed by atoms with Crippen LogP contribution in [-0.4, -0.2) is 32.7 Å². The van der Waals surface area contributed by atoms with E-state index in [-0.39, 0.29) is 12.3 Å². The van der Waals surface area contributed by atoms with Crippen molar-refractivity contribution in [2.45, 2.75) is 18.8 Å². The molecule has 1 aromatic carbocycles. The maximum absolute atomic E-state index is 13.5. The molecule has 0 aliphatic rings. The SMILES string of the molecule is CN=C(NCc1ccccn1)NCc1cc(F)ccc1CS(C)(=O)=O. The number of benzene rings is 1. The molecule has 0 saturated carbocycles. The van der Waals surface area contributed by atoms with E-state index in [0.717, 1.165) is 11.9 Å². The largest absolute Gasteiger partial charge is 0.352 e. The molecule has 2 N–H and O–H groups in total. The molecule has 0 aliphatic carbocycles. The Labute approximate surface area is 147 Å². The smallest absolute Gasteiger partial charge is 0.191 e. The standard InChI is InChI=1S/C17H21FN4O2S/c1-19-17(22-11-16-5-3-4-8-20-16)21-10-14-9-15(18)7-6-13(14)12-25(2,23)24/h3-9H,10-12H2,1-2H3,(H2,19,21,22). The monoisotopic (exact) mass is 364 g/mol. The van der Waals surface area contributed by atoms with Gasteiger partial charge >= 0.3 is 0 Å². The number of halogens is 1. The molecule has 134 valence electrons. The lowest BCUT2D eigenvalue weighted by molar-refractivity contribution is 0.599. The summed E-state index contributed by atoms with van der Waals surface area (Å²) in [7, 11) is -1.59. The van der Waals surface area contributed by atoms with Crippen LogP contribution in [0.3, 0.4) is 0 Å². The summed E-state index contributed by atoms with van der Waals surface area (Å²) < 4.78 is 36.6. The van der Waals surface area contributed by atoms with Crippen molar-refractivity contribution in [3.05, 3.63) is 65.2 Å². The van der Waals surface area contributed by atoms with Crippen molar-refractivity contribution in [1.29, 1.82) is 0 Å². The van der Waals surface area contributed by atoms with E-state index >= 15 is 0 Å². The quantitative estimate of drug-likeness (QED) is 0.601. The molecule has 0 unspecified atom stereocenters. The highest BCUT2D eigenvalue weighted by molar-refractivity contribution is 7.89. The van der Waals surface area contributed by atoms with Gasteiger partial charge in [0.25, 0.3) is 0 Å². The molecule has 0 amide bonds. The molecule has 0 aliphatic heterocycles. The van der Waals surface area contributed by atoms with Gasteiger partial charge in [0, 0.05) is 26.0 Å². The Morgan fingerprint density at radius 1 is 1.16 bits per heavy atom. The van der Waals surface area contributed by atoms with Crippen molar-refractivity contribution < 1.29 is 12.8 Å². The Kier molecular flexibility index (Phi) is 6.46. The van der Waals surface area contributed by atoms with Crippen molar-refractivity contribution in [3.8, 4) is 0 Å². The van der Waals surface area contributed by atoms with Gasteiger partial charge in [-0.1, -0.05) is 12.1 Å². The fourth-order valence-corrected chi connectivity index (χ4v) is 3.11. The van der Waals surface area contributed by atoms with E-state index in [1.165, 1.54) is 18.2 Å². The second kappa shape index (κ2) is 8.57. The number of nitrogens with zero attached hydrogens (tertiary/aromatic N) is 2. The summed E-state index contributed by atoms with van der Waals surface area (Å²) >= 11 is 0. The Balaban J connectivity index is 2.02. The first-order valence-electron chi connectivity index (χ1n) is 7.67. The van der Waals surface area contributed by atoms with Crippen LogP contribution in [0.1, 0.15) is 16.8 Å². The maximum Gasteiger partial charge on any atom is 0.191 e. The van der Waals surface area contributed by atoms with Gasteiger partial charge in [0.1, 0.15) is 5.82 Å². The van der Waals surface area contributed by atoms with Gasteiger partial charge in [-0.05, 0) is 35.4 Å². The molecule has 2 rings (SSSR count). The molecule has 1 aromatic heterocycles. The second-order valence-electron chi connectivity index (χ2n) is 5.58. The van der Waals surface area contributed by atoms with Crippen molar-refractivity contribution in [3.63, 3.8) is 0 Å². The summed E-state index contributed by atoms with van der Waals surface area (Å²) in [5.74, 6) is -0.0322. The third kappa shape index (κ3) is 6.50. The zero-order chi connectivity index (χ0) is 18.3. The van der Waals surface area contributed by atoms with Gasteiger partial charge in [-0.2, -0.15) is 0 Å². The van der Waals surface area contributed by atoms with Gasteiger partial charge in [-0.15, -0.1) is 0 Å². The molecule has 0 spiro atoms. The number of hydrogen-bond acceptors (Lipinski definition) is 4. The van der Waals surface area contributed by atoms with Gasteiger partial charge in [-0.25, -0.2) is 12.8 Å². The fourth-order valence-electron chi connectivity index (χ4n) is 2.26. The van der Waals surface area contributed by atoms with Gasteiger partial charge in [0.15, 0.2) is 15.8 Å². The molecule has 0 atom stereocenters. The van der Waals surface area contributed by atoms with E-state index in [1.54, 1.807) is 13.2 Å². The van der Waals surface area contributed by atoms with Crippen LogP contribution in [0.15, 0.2) is 47.6 Å². The molecule has 25 heavy (non-hydrogen) atoms. The summed E-state index contributed by atoms with van der Waals surface area (Å²) in [6.07, 6.45) is 2.86. The summed E-state index contributed by atoms with van der Waals surface area (Å²) in [6.45, 7) is 0.740. The molecule has 1 heterocycles. The second-order valence-corrected chi connectivity index (χ2v) is 7.72. The van der Waals surface area contributed by atoms with Crippen LogP contribution >= 0.6 is 0 Å². The first-order chi connectivity index (χ1) is 11.9. The molecule has 0 fully saturated rings. The van der Waals surface area contributed by atoms with Gasteiger partial charge in [0.05, 0.1) is 18.0 Å². The molecule has 0 saturated heterocycles. The van der Waals surface area contributed by atoms with Crippen LogP contribution in [0, 0.1) is 5.82 Å². The van der Waals surface area contributed by atoms with Crippen LogP contribution in [0.5, 0.6) is 0 Å². The third-order valence-corrected chi connectivity index (χ3v) is 4.25. The number of guanidine groups is 1. The van der Waals surface area contributed by atoms with Gasteiger partial charge in [0.2, 0.25) is 0 Å². The highest BCUT2D eigenvalue weighted by atomic mass is 32.2. The Bertz CT molecular complexity index is 839. The number of hydrogen-bond donors (Lipinski definition) is 2. The van der Waals surface area contributed by atoms with Crippen LogP contribution in [0.25, 0.3) is 0 Å². The summed E-state index contributed by atoms with van der Waals surface area (Å²) in [4.78, 5) is 8.31. The van der Waals surface area contributed by atoms with Crippen molar-refractivity contribution in [1.82, 2.24) is 15.6 Å². The van der Waals surface area contributed by atoms with Crippen molar-refractivity contribution in [2.24, 2.45) is 4.99 Å². The predicted octanol–water partition coefficient (Wildman–Crippen LogP) is 1.63. The Hall–Kier alpha value is -2.48. The molecule has 0 bridgehead atoms. The van der Waals surface area contributed by atoms with Crippen molar-refractivity contribution >= 4 is 15.8 Å². The minimum atomic E-state index is -3.21. The van der Waals surface area contributed by atoms with Crippen LogP contribution in [0.2, 0.25) is 0 Å². The first kappa shape index (κ1) is 18.9.